The molecule has 4 aliphatic heterocycles. The van der Waals surface area contributed by atoms with Gasteiger partial charge in [0.1, 0.15) is 0 Å². The van der Waals surface area contributed by atoms with E-state index >= 15 is 0 Å². The summed E-state index contributed by atoms with van der Waals surface area (Å²) in [7, 11) is 0. The molecule has 6 heterocycles. The smallest absolute Gasteiger partial charge is 0.258 e. The van der Waals surface area contributed by atoms with Crippen LogP contribution in [-0.2, 0) is 22.7 Å². The summed E-state index contributed by atoms with van der Waals surface area (Å²) < 4.78 is 3.35. The molecule has 2 aromatic carbocycles. The van der Waals surface area contributed by atoms with Crippen LogP contribution in [0.25, 0.3) is 12.2 Å². The third-order valence-electron chi connectivity index (χ3n) is 13.1. The Bertz CT molecular complexity index is 2360. The van der Waals surface area contributed by atoms with Crippen molar-refractivity contribution in [2.24, 2.45) is 23.7 Å². The lowest BCUT2D eigenvalue weighted by Gasteiger charge is -2.38. The highest BCUT2D eigenvalue weighted by Crippen LogP contribution is 2.50. The van der Waals surface area contributed by atoms with Crippen LogP contribution in [0.15, 0.2) is 107 Å². The van der Waals surface area contributed by atoms with Crippen LogP contribution in [0.4, 0.5) is 0 Å². The van der Waals surface area contributed by atoms with Gasteiger partial charge >= 0.3 is 0 Å². The first-order chi connectivity index (χ1) is 31.1. The van der Waals surface area contributed by atoms with Crippen LogP contribution in [0.1, 0.15) is 95.9 Å². The lowest BCUT2D eigenvalue weighted by atomic mass is 9.86. The maximum absolute atomic E-state index is 13.6. The van der Waals surface area contributed by atoms with Gasteiger partial charge in [-0.1, -0.05) is 74.5 Å². The molecule has 14 heteroatoms. The van der Waals surface area contributed by atoms with E-state index in [0.717, 1.165) is 12.8 Å². The second-order valence-corrected chi connectivity index (χ2v) is 16.8. The zero-order valence-corrected chi connectivity index (χ0v) is 36.8. The van der Waals surface area contributed by atoms with Crippen molar-refractivity contribution >= 4 is 35.8 Å². The number of allylic oxidation sites excluding steroid dienone is 2. The van der Waals surface area contributed by atoms with E-state index in [9.17, 15) is 39.0 Å². The lowest BCUT2D eigenvalue weighted by molar-refractivity contribution is -0.128. The highest BCUT2D eigenvalue weighted by Gasteiger charge is 2.59. The number of carbonyl (C=O) groups excluding carboxylic acids is 4. The molecule has 2 aromatic heterocycles. The van der Waals surface area contributed by atoms with Crippen molar-refractivity contribution in [3.63, 3.8) is 0 Å². The van der Waals surface area contributed by atoms with Crippen molar-refractivity contribution in [3.05, 3.63) is 151 Å². The maximum atomic E-state index is 13.6. The van der Waals surface area contributed by atoms with Crippen molar-refractivity contribution in [2.75, 3.05) is 26.3 Å². The number of carbonyl (C=O) groups is 4. The Morgan fingerprint density at radius 3 is 1.30 bits per heavy atom. The summed E-state index contributed by atoms with van der Waals surface area (Å²) in [5, 5.41) is 26.5. The minimum atomic E-state index is -0.634. The molecule has 0 radical (unpaired) electrons. The summed E-state index contributed by atoms with van der Waals surface area (Å²) in [6, 6.07) is 22.9. The number of rotatable bonds is 12. The fourth-order valence-corrected chi connectivity index (χ4v) is 10.2. The predicted octanol–water partition coefficient (Wildman–Crippen LogP) is 4.42. The summed E-state index contributed by atoms with van der Waals surface area (Å²) in [4.78, 5) is 83.4. The Hall–Kier alpha value is -6.38. The van der Waals surface area contributed by atoms with E-state index in [1.165, 1.54) is 0 Å². The molecule has 2 fully saturated rings. The van der Waals surface area contributed by atoms with Crippen molar-refractivity contribution in [1.82, 2.24) is 29.6 Å². The second kappa shape index (κ2) is 20.0. The van der Waals surface area contributed by atoms with Gasteiger partial charge in [-0.25, -0.2) is 0 Å². The molecule has 0 spiro atoms. The first-order valence-electron chi connectivity index (χ1n) is 22.3. The molecule has 4 amide bonds. The molecule has 4 bridgehead atoms. The van der Waals surface area contributed by atoms with Gasteiger partial charge in [0.15, 0.2) is 0 Å². The summed E-state index contributed by atoms with van der Waals surface area (Å²) in [5.41, 5.74) is 3.15. The van der Waals surface area contributed by atoms with Crippen molar-refractivity contribution in [1.29, 1.82) is 0 Å². The summed E-state index contributed by atoms with van der Waals surface area (Å²) in [6.07, 6.45) is 8.70. The third kappa shape index (κ3) is 8.27. The standard InChI is InChI=1S/2C25H29N3O4/c2*1-3-8-16-11-12-19-22-21(23(30)26-13-4-2)18(15-29)20(14-27(19)24(16)31)28(22)25(32)17-9-6-5-7-10-17/h2*3,5-12,18,20-22,29H,4,13-15H2,1-2H3,(H,26,30)/b8-3+;8-3-/t2*18-,20-,21+,22+/m00/s1. The number of aliphatic hydroxyl groups is 2. The van der Waals surface area contributed by atoms with Crippen LogP contribution in [0.5, 0.6) is 0 Å². The number of fused-ring (bicyclic) bond motifs is 8. The highest BCUT2D eigenvalue weighted by molar-refractivity contribution is 5.97. The van der Waals surface area contributed by atoms with Crippen LogP contribution >= 0.6 is 0 Å². The number of aliphatic hydroxyl groups excluding tert-OH is 2. The van der Waals surface area contributed by atoms with E-state index in [1.54, 1.807) is 91.7 Å². The summed E-state index contributed by atoms with van der Waals surface area (Å²) in [6.45, 7) is 8.69. The molecule has 4 N–H and O–H groups in total. The van der Waals surface area contributed by atoms with Gasteiger partial charge in [0.2, 0.25) is 11.8 Å². The average molecular weight is 871 g/mol. The van der Waals surface area contributed by atoms with Gasteiger partial charge in [-0.2, -0.15) is 0 Å². The van der Waals surface area contributed by atoms with E-state index in [-0.39, 0.29) is 61.1 Å². The molecule has 8 rings (SSSR count). The van der Waals surface area contributed by atoms with E-state index < -0.39 is 47.8 Å². The maximum Gasteiger partial charge on any atom is 0.258 e. The number of aromatic nitrogens is 2. The fraction of sp³-hybridized carbons (Fsp3) is 0.400. The number of hydrogen-bond donors (Lipinski definition) is 4. The number of benzene rings is 2. The first-order valence-corrected chi connectivity index (χ1v) is 22.3. The minimum Gasteiger partial charge on any atom is -0.396 e. The largest absolute Gasteiger partial charge is 0.396 e. The van der Waals surface area contributed by atoms with Crippen LogP contribution < -0.4 is 21.8 Å². The van der Waals surface area contributed by atoms with Gasteiger partial charge in [0, 0.05) is 84.9 Å². The number of nitrogens with one attached hydrogen (secondary N) is 2. The summed E-state index contributed by atoms with van der Waals surface area (Å²) >= 11 is 0. The Kier molecular flexibility index (Phi) is 14.3. The average Bonchev–Trinajstić information content (AvgIpc) is 3.71. The van der Waals surface area contributed by atoms with Gasteiger partial charge in [-0.15, -0.1) is 0 Å². The highest BCUT2D eigenvalue weighted by atomic mass is 16.3. The lowest BCUT2D eigenvalue weighted by Crippen LogP contribution is -2.49. The predicted molar refractivity (Wildman–Crippen MR) is 244 cm³/mol. The van der Waals surface area contributed by atoms with E-state index in [4.69, 9.17) is 0 Å². The van der Waals surface area contributed by atoms with E-state index in [0.29, 0.717) is 46.7 Å². The fourth-order valence-electron chi connectivity index (χ4n) is 10.2. The first kappa shape index (κ1) is 45.6. The molecule has 64 heavy (non-hydrogen) atoms. The molecule has 0 unspecified atom stereocenters. The Morgan fingerprint density at radius 1 is 0.594 bits per heavy atom. The van der Waals surface area contributed by atoms with Gasteiger partial charge in [-0.05, 0) is 75.2 Å². The molecule has 8 atom stereocenters. The van der Waals surface area contributed by atoms with Gasteiger partial charge in [0.25, 0.3) is 22.9 Å². The van der Waals surface area contributed by atoms with Crippen molar-refractivity contribution < 1.29 is 29.4 Å². The van der Waals surface area contributed by atoms with E-state index in [2.05, 4.69) is 10.6 Å². The van der Waals surface area contributed by atoms with Crippen LogP contribution in [0.3, 0.4) is 0 Å². The molecule has 4 aromatic rings. The SMILES string of the molecule is C/C=C/c1ccc2n(c1=O)C[C@H]1[C@H](CO)[C@@H](C(=O)NCCC)[C@@H]2N1C(=O)c1ccccc1.C/C=C\c1ccc2n(c1=O)C[C@H]1[C@H](CO)[C@@H](C(=O)NCCC)[C@@H]2N1C(=O)c1ccccc1. The van der Waals surface area contributed by atoms with Crippen LogP contribution in [-0.4, -0.2) is 91.2 Å². The van der Waals surface area contributed by atoms with Gasteiger partial charge in [0.05, 0.1) is 36.0 Å². The molecule has 0 aliphatic carbocycles. The molecule has 4 aliphatic rings. The molecular formula is C50H58N6O8. The number of amides is 4. The normalized spacial score (nSPS) is 23.9. The topological polar surface area (TPSA) is 183 Å². The van der Waals surface area contributed by atoms with Gasteiger partial charge < -0.3 is 39.8 Å². The molecule has 2 saturated heterocycles. The monoisotopic (exact) mass is 870 g/mol. The number of pyridine rings is 2. The summed E-state index contributed by atoms with van der Waals surface area (Å²) in [5.74, 6) is -2.97. The van der Waals surface area contributed by atoms with Crippen molar-refractivity contribution in [2.45, 2.75) is 77.8 Å². The third-order valence-corrected chi connectivity index (χ3v) is 13.1. The molecule has 336 valence electrons. The molecule has 0 saturated carbocycles. The Balaban J connectivity index is 0.000000191. The quantitative estimate of drug-likeness (QED) is 0.161. The van der Waals surface area contributed by atoms with Crippen LogP contribution in [0, 0.1) is 23.7 Å². The number of nitrogens with zero attached hydrogens (tertiary/aromatic N) is 4. The number of hydrogen-bond acceptors (Lipinski definition) is 8. The minimum absolute atomic E-state index is 0.145. The zero-order valence-electron chi connectivity index (χ0n) is 36.8. The van der Waals surface area contributed by atoms with Gasteiger partial charge in [-0.3, -0.25) is 28.8 Å². The van der Waals surface area contributed by atoms with E-state index in [1.807, 2.05) is 64.1 Å². The Morgan fingerprint density at radius 2 is 0.969 bits per heavy atom. The van der Waals surface area contributed by atoms with Crippen LogP contribution in [0.2, 0.25) is 0 Å². The molecule has 14 nitrogen and oxygen atoms in total. The molecular weight excluding hydrogens is 813 g/mol. The zero-order chi connectivity index (χ0) is 45.7. The van der Waals surface area contributed by atoms with Crippen molar-refractivity contribution in [3.8, 4) is 0 Å². The Labute approximate surface area is 372 Å². The second-order valence-electron chi connectivity index (χ2n) is 16.8.